The first-order valence-corrected chi connectivity index (χ1v) is 6.68. The van der Waals surface area contributed by atoms with Crippen LogP contribution < -0.4 is 5.32 Å². The second-order valence-corrected chi connectivity index (χ2v) is 4.75. The molecule has 0 bridgehead atoms. The molecule has 0 fully saturated rings. The Morgan fingerprint density at radius 2 is 1.95 bits per heavy atom. The molecule has 106 valence electrons. The number of carbonyl (C=O) groups is 1. The number of esters is 1. The fraction of sp³-hybridized carbons (Fsp3) is 0.533. The van der Waals surface area contributed by atoms with Gasteiger partial charge in [-0.05, 0) is 44.5 Å². The Morgan fingerprint density at radius 3 is 2.47 bits per heavy atom. The molecule has 0 heterocycles. The molecule has 1 rings (SSSR count). The second-order valence-electron chi connectivity index (χ2n) is 4.75. The van der Waals surface area contributed by atoms with Gasteiger partial charge >= 0.3 is 5.97 Å². The molecule has 4 heteroatoms. The highest BCUT2D eigenvalue weighted by Gasteiger charge is 2.29. The number of halogens is 1. The Bertz CT molecular complexity index is 405. The molecule has 1 unspecified atom stereocenters. The summed E-state index contributed by atoms with van der Waals surface area (Å²) in [5.74, 6) is -0.532. The summed E-state index contributed by atoms with van der Waals surface area (Å²) in [5.41, 5.74) is 0.353. The molecule has 0 saturated heterocycles. The Morgan fingerprint density at radius 1 is 1.32 bits per heavy atom. The molecule has 0 radical (unpaired) electrons. The molecule has 0 spiro atoms. The van der Waals surface area contributed by atoms with Gasteiger partial charge in [0.25, 0.3) is 0 Å². The lowest BCUT2D eigenvalue weighted by Crippen LogP contribution is -2.42. The predicted octanol–water partition coefficient (Wildman–Crippen LogP) is 2.99. The summed E-state index contributed by atoms with van der Waals surface area (Å²) in [6, 6.07) is 6.23. The van der Waals surface area contributed by atoms with Gasteiger partial charge in [0.2, 0.25) is 0 Å². The van der Waals surface area contributed by atoms with Crippen LogP contribution in [0.15, 0.2) is 24.3 Å². The number of rotatable bonds is 7. The van der Waals surface area contributed by atoms with Crippen LogP contribution in [0.5, 0.6) is 0 Å². The zero-order valence-corrected chi connectivity index (χ0v) is 11.8. The van der Waals surface area contributed by atoms with E-state index in [-0.39, 0.29) is 18.2 Å². The molecule has 0 saturated carbocycles. The van der Waals surface area contributed by atoms with Gasteiger partial charge in [-0.2, -0.15) is 0 Å². The largest absolute Gasteiger partial charge is 0.466 e. The van der Waals surface area contributed by atoms with E-state index in [1.165, 1.54) is 12.1 Å². The Labute approximate surface area is 114 Å². The summed E-state index contributed by atoms with van der Waals surface area (Å²) in [5, 5.41) is 3.35. The molecule has 0 aliphatic carbocycles. The Balaban J connectivity index is 2.91. The zero-order valence-electron chi connectivity index (χ0n) is 11.8. The van der Waals surface area contributed by atoms with Gasteiger partial charge in [-0.15, -0.1) is 0 Å². The molecular formula is C15H22FNO2. The summed E-state index contributed by atoms with van der Waals surface area (Å²) in [6.45, 7) is 6.93. The summed E-state index contributed by atoms with van der Waals surface area (Å²) in [6.07, 6.45) is 1.19. The summed E-state index contributed by atoms with van der Waals surface area (Å²) in [4.78, 5) is 11.7. The van der Waals surface area contributed by atoms with E-state index in [2.05, 4.69) is 12.2 Å². The highest BCUT2D eigenvalue weighted by Crippen LogP contribution is 2.25. The molecule has 1 atom stereocenters. The molecule has 0 aliphatic heterocycles. The number of nitrogens with one attached hydrogen (secondary N) is 1. The third-order valence-electron chi connectivity index (χ3n) is 3.05. The number of hydrogen-bond acceptors (Lipinski definition) is 3. The number of ether oxygens (including phenoxy) is 1. The van der Waals surface area contributed by atoms with E-state index >= 15 is 0 Å². The molecule has 1 aromatic rings. The van der Waals surface area contributed by atoms with E-state index < -0.39 is 5.54 Å². The van der Waals surface area contributed by atoms with Crippen LogP contribution in [0.25, 0.3) is 0 Å². The van der Waals surface area contributed by atoms with Gasteiger partial charge in [-0.3, -0.25) is 4.79 Å². The van der Waals surface area contributed by atoms with Crippen LogP contribution in [0.4, 0.5) is 4.39 Å². The van der Waals surface area contributed by atoms with Gasteiger partial charge in [0.1, 0.15) is 5.82 Å². The van der Waals surface area contributed by atoms with Crippen molar-refractivity contribution in [3.63, 3.8) is 0 Å². The van der Waals surface area contributed by atoms with Gasteiger partial charge in [0, 0.05) is 0 Å². The standard InChI is InChI=1S/C15H22FNO2/c1-4-10-17-15(3,11-14(18)19-5-2)12-6-8-13(16)9-7-12/h6-9,17H,4-5,10-11H2,1-3H3. The van der Waals surface area contributed by atoms with Crippen LogP contribution in [-0.4, -0.2) is 19.1 Å². The average Bonchev–Trinajstić information content (AvgIpc) is 2.37. The summed E-state index contributed by atoms with van der Waals surface area (Å²) >= 11 is 0. The van der Waals surface area contributed by atoms with E-state index in [9.17, 15) is 9.18 Å². The predicted molar refractivity (Wildman–Crippen MR) is 73.3 cm³/mol. The lowest BCUT2D eigenvalue weighted by Gasteiger charge is -2.30. The van der Waals surface area contributed by atoms with Crippen molar-refractivity contribution in [2.45, 2.75) is 39.2 Å². The quantitative estimate of drug-likeness (QED) is 0.772. The SMILES string of the molecule is CCCNC(C)(CC(=O)OCC)c1ccc(F)cc1. The molecule has 0 aliphatic rings. The maximum absolute atomic E-state index is 13.0. The normalized spacial score (nSPS) is 13.9. The van der Waals surface area contributed by atoms with Crippen molar-refractivity contribution in [3.8, 4) is 0 Å². The molecule has 1 aromatic carbocycles. The maximum atomic E-state index is 13.0. The van der Waals surface area contributed by atoms with Crippen LogP contribution in [0, 0.1) is 5.82 Å². The zero-order chi connectivity index (χ0) is 14.3. The Hall–Kier alpha value is -1.42. The van der Waals surface area contributed by atoms with Crippen molar-refractivity contribution >= 4 is 5.97 Å². The van der Waals surface area contributed by atoms with E-state index in [0.29, 0.717) is 6.61 Å². The van der Waals surface area contributed by atoms with Gasteiger partial charge in [0.05, 0.1) is 18.6 Å². The Kier molecular flexibility index (Phi) is 5.96. The third kappa shape index (κ3) is 4.63. The van der Waals surface area contributed by atoms with Crippen LogP contribution in [-0.2, 0) is 15.1 Å². The fourth-order valence-corrected chi connectivity index (χ4v) is 1.99. The molecule has 0 amide bonds. The maximum Gasteiger partial charge on any atom is 0.307 e. The first-order chi connectivity index (χ1) is 9.01. The first-order valence-electron chi connectivity index (χ1n) is 6.68. The molecule has 1 N–H and O–H groups in total. The first kappa shape index (κ1) is 15.6. The van der Waals surface area contributed by atoms with Crippen molar-refractivity contribution < 1.29 is 13.9 Å². The molecule has 3 nitrogen and oxygen atoms in total. The van der Waals surface area contributed by atoms with Crippen molar-refractivity contribution in [1.82, 2.24) is 5.32 Å². The highest BCUT2D eigenvalue weighted by atomic mass is 19.1. The summed E-state index contributed by atoms with van der Waals surface area (Å²) in [7, 11) is 0. The van der Waals surface area contributed by atoms with Gasteiger partial charge < -0.3 is 10.1 Å². The smallest absolute Gasteiger partial charge is 0.307 e. The number of benzene rings is 1. The van der Waals surface area contributed by atoms with E-state index in [1.807, 2.05) is 6.92 Å². The van der Waals surface area contributed by atoms with E-state index in [4.69, 9.17) is 4.74 Å². The molecule has 19 heavy (non-hydrogen) atoms. The van der Waals surface area contributed by atoms with Gasteiger partial charge in [0.15, 0.2) is 0 Å². The lowest BCUT2D eigenvalue weighted by atomic mass is 9.88. The van der Waals surface area contributed by atoms with Crippen molar-refractivity contribution in [1.29, 1.82) is 0 Å². The number of hydrogen-bond donors (Lipinski definition) is 1. The lowest BCUT2D eigenvalue weighted by molar-refractivity contribution is -0.144. The second kappa shape index (κ2) is 7.24. The highest BCUT2D eigenvalue weighted by molar-refractivity contribution is 5.71. The van der Waals surface area contributed by atoms with Crippen molar-refractivity contribution in [2.75, 3.05) is 13.2 Å². The number of carbonyl (C=O) groups excluding carboxylic acids is 1. The van der Waals surface area contributed by atoms with Crippen molar-refractivity contribution in [2.24, 2.45) is 0 Å². The van der Waals surface area contributed by atoms with Crippen LogP contribution in [0.3, 0.4) is 0 Å². The van der Waals surface area contributed by atoms with Gasteiger partial charge in [-0.1, -0.05) is 19.1 Å². The van der Waals surface area contributed by atoms with Crippen LogP contribution in [0.1, 0.15) is 39.2 Å². The van der Waals surface area contributed by atoms with Crippen LogP contribution >= 0.6 is 0 Å². The minimum absolute atomic E-state index is 0.229. The van der Waals surface area contributed by atoms with E-state index in [1.54, 1.807) is 19.1 Å². The van der Waals surface area contributed by atoms with Crippen molar-refractivity contribution in [3.05, 3.63) is 35.6 Å². The molecular weight excluding hydrogens is 245 g/mol. The molecule has 0 aromatic heterocycles. The topological polar surface area (TPSA) is 38.3 Å². The van der Waals surface area contributed by atoms with Gasteiger partial charge in [-0.25, -0.2) is 4.39 Å². The minimum atomic E-state index is -0.532. The average molecular weight is 267 g/mol. The minimum Gasteiger partial charge on any atom is -0.466 e. The summed E-state index contributed by atoms with van der Waals surface area (Å²) < 4.78 is 18.0. The van der Waals surface area contributed by atoms with E-state index in [0.717, 1.165) is 18.5 Å². The third-order valence-corrected chi connectivity index (χ3v) is 3.05. The monoisotopic (exact) mass is 267 g/mol. The van der Waals surface area contributed by atoms with Crippen LogP contribution in [0.2, 0.25) is 0 Å². The fourth-order valence-electron chi connectivity index (χ4n) is 1.99.